The number of nitrogens with zero attached hydrogens (tertiary/aromatic N) is 1. The number of aryl methyl sites for hydroxylation is 1. The van der Waals surface area contributed by atoms with Gasteiger partial charge in [-0.3, -0.25) is 14.4 Å². The molecule has 2 aromatic rings. The third kappa shape index (κ3) is 4.01. The van der Waals surface area contributed by atoms with Gasteiger partial charge in [-0.15, -0.1) is 0 Å². The summed E-state index contributed by atoms with van der Waals surface area (Å²) in [7, 11) is 0. The number of benzene rings is 2. The Morgan fingerprint density at radius 2 is 1.77 bits per heavy atom. The minimum absolute atomic E-state index is 0.142. The Hall–Kier alpha value is -3.35. The maximum absolute atomic E-state index is 12.9. The molecule has 30 heavy (non-hydrogen) atoms. The summed E-state index contributed by atoms with van der Waals surface area (Å²) < 4.78 is 0. The SMILES string of the molecule is CCc1ccc(C(=O)N[C@H]2C[C@H]3C(=O)N[C@@H](Cc4ccc(O)cc4)C(=O)N3C2)cc1. The van der Waals surface area contributed by atoms with E-state index < -0.39 is 12.1 Å². The summed E-state index contributed by atoms with van der Waals surface area (Å²) in [4.78, 5) is 39.7. The molecule has 2 aliphatic heterocycles. The third-order valence-electron chi connectivity index (χ3n) is 5.84. The number of rotatable bonds is 5. The zero-order valence-corrected chi connectivity index (χ0v) is 16.8. The molecule has 0 radical (unpaired) electrons. The van der Waals surface area contributed by atoms with Gasteiger partial charge in [0.15, 0.2) is 0 Å². The molecule has 2 heterocycles. The lowest BCUT2D eigenvalue weighted by atomic mass is 10.0. The minimum Gasteiger partial charge on any atom is -0.508 e. The maximum Gasteiger partial charge on any atom is 0.251 e. The summed E-state index contributed by atoms with van der Waals surface area (Å²) in [5.41, 5.74) is 2.58. The zero-order valence-electron chi connectivity index (χ0n) is 16.8. The Labute approximate surface area is 175 Å². The van der Waals surface area contributed by atoms with Crippen LogP contribution in [-0.4, -0.2) is 52.4 Å². The van der Waals surface area contributed by atoms with Crippen LogP contribution in [0.4, 0.5) is 0 Å². The molecule has 156 valence electrons. The second-order valence-electron chi connectivity index (χ2n) is 7.89. The first-order valence-electron chi connectivity index (χ1n) is 10.2. The number of hydrogen-bond acceptors (Lipinski definition) is 4. The van der Waals surface area contributed by atoms with Gasteiger partial charge in [-0.05, 0) is 48.2 Å². The molecular formula is C23H25N3O4. The van der Waals surface area contributed by atoms with Crippen LogP contribution in [0.3, 0.4) is 0 Å². The third-order valence-corrected chi connectivity index (χ3v) is 5.84. The Bertz CT molecular complexity index is 955. The van der Waals surface area contributed by atoms with Crippen LogP contribution in [0.5, 0.6) is 5.75 Å². The predicted molar refractivity (Wildman–Crippen MR) is 111 cm³/mol. The molecule has 2 aliphatic rings. The number of nitrogens with one attached hydrogen (secondary N) is 2. The van der Waals surface area contributed by atoms with E-state index in [9.17, 15) is 19.5 Å². The fourth-order valence-electron chi connectivity index (χ4n) is 4.13. The second-order valence-corrected chi connectivity index (χ2v) is 7.89. The highest BCUT2D eigenvalue weighted by atomic mass is 16.3. The monoisotopic (exact) mass is 407 g/mol. The maximum atomic E-state index is 12.9. The lowest BCUT2D eigenvalue weighted by Crippen LogP contribution is -2.61. The Morgan fingerprint density at radius 1 is 1.10 bits per heavy atom. The lowest BCUT2D eigenvalue weighted by Gasteiger charge is -2.34. The summed E-state index contributed by atoms with van der Waals surface area (Å²) in [6.07, 6.45) is 1.67. The Morgan fingerprint density at radius 3 is 2.43 bits per heavy atom. The van der Waals surface area contributed by atoms with Crippen molar-refractivity contribution in [1.29, 1.82) is 0 Å². The van der Waals surface area contributed by atoms with E-state index in [1.165, 1.54) is 0 Å². The number of phenolic OH excluding ortho intramolecular Hbond substituents is 1. The van der Waals surface area contributed by atoms with Crippen LogP contribution in [0, 0.1) is 0 Å². The molecule has 0 aromatic heterocycles. The number of fused-ring (bicyclic) bond motifs is 1. The van der Waals surface area contributed by atoms with E-state index in [4.69, 9.17) is 0 Å². The zero-order chi connectivity index (χ0) is 21.3. The average Bonchev–Trinajstić information content (AvgIpc) is 3.18. The lowest BCUT2D eigenvalue weighted by molar-refractivity contribution is -0.147. The van der Waals surface area contributed by atoms with E-state index in [1.807, 2.05) is 12.1 Å². The molecule has 2 fully saturated rings. The number of phenols is 1. The van der Waals surface area contributed by atoms with Crippen LogP contribution in [0.15, 0.2) is 48.5 Å². The van der Waals surface area contributed by atoms with Crippen LogP contribution in [0.25, 0.3) is 0 Å². The Balaban J connectivity index is 1.40. The largest absolute Gasteiger partial charge is 0.508 e. The van der Waals surface area contributed by atoms with E-state index in [0.717, 1.165) is 17.5 Å². The van der Waals surface area contributed by atoms with Crippen molar-refractivity contribution in [2.75, 3.05) is 6.54 Å². The van der Waals surface area contributed by atoms with Gasteiger partial charge >= 0.3 is 0 Å². The summed E-state index contributed by atoms with van der Waals surface area (Å²) in [6, 6.07) is 12.6. The van der Waals surface area contributed by atoms with Crippen molar-refractivity contribution in [2.45, 2.75) is 44.3 Å². The van der Waals surface area contributed by atoms with Gasteiger partial charge in [0.2, 0.25) is 11.8 Å². The van der Waals surface area contributed by atoms with Crippen LogP contribution in [0.1, 0.15) is 34.8 Å². The van der Waals surface area contributed by atoms with Gasteiger partial charge in [-0.1, -0.05) is 31.2 Å². The predicted octanol–water partition coefficient (Wildman–Crippen LogP) is 1.39. The van der Waals surface area contributed by atoms with Gasteiger partial charge in [0.05, 0.1) is 0 Å². The number of hydrogen-bond donors (Lipinski definition) is 3. The van der Waals surface area contributed by atoms with Gasteiger partial charge < -0.3 is 20.6 Å². The molecule has 0 unspecified atom stereocenters. The summed E-state index contributed by atoms with van der Waals surface area (Å²) in [5.74, 6) is -0.379. The molecule has 0 saturated carbocycles. The standard InChI is InChI=1S/C23H25N3O4/c1-2-14-3-7-16(8-4-14)21(28)24-17-12-20-22(29)25-19(23(30)26(20)13-17)11-15-5-9-18(27)10-6-15/h3-10,17,19-20,27H,2,11-13H2,1H3,(H,24,28)(H,25,29)/t17-,19-,20-/m0/s1. The number of carbonyl (C=O) groups is 3. The molecule has 7 nitrogen and oxygen atoms in total. The molecule has 3 N–H and O–H groups in total. The molecule has 3 amide bonds. The fraction of sp³-hybridized carbons (Fsp3) is 0.348. The van der Waals surface area contributed by atoms with Crippen molar-refractivity contribution in [3.05, 3.63) is 65.2 Å². The summed E-state index contributed by atoms with van der Waals surface area (Å²) in [5, 5.41) is 15.2. The van der Waals surface area contributed by atoms with Gasteiger partial charge in [0.25, 0.3) is 5.91 Å². The molecule has 4 rings (SSSR count). The van der Waals surface area contributed by atoms with E-state index in [1.54, 1.807) is 41.3 Å². The topological polar surface area (TPSA) is 98.7 Å². The molecule has 7 heteroatoms. The number of amides is 3. The van der Waals surface area contributed by atoms with Crippen molar-refractivity contribution in [3.63, 3.8) is 0 Å². The van der Waals surface area contributed by atoms with Crippen molar-refractivity contribution < 1.29 is 19.5 Å². The quantitative estimate of drug-likeness (QED) is 0.698. The van der Waals surface area contributed by atoms with E-state index >= 15 is 0 Å². The fourth-order valence-corrected chi connectivity index (χ4v) is 4.13. The average molecular weight is 407 g/mol. The molecule has 2 aromatic carbocycles. The number of carbonyl (C=O) groups excluding carboxylic acids is 3. The van der Waals surface area contributed by atoms with Gasteiger partial charge in [-0.2, -0.15) is 0 Å². The number of aromatic hydroxyl groups is 1. The van der Waals surface area contributed by atoms with Crippen molar-refractivity contribution in [3.8, 4) is 5.75 Å². The molecule has 3 atom stereocenters. The first-order valence-corrected chi connectivity index (χ1v) is 10.2. The highest BCUT2D eigenvalue weighted by Crippen LogP contribution is 2.24. The second kappa shape index (κ2) is 8.18. The summed E-state index contributed by atoms with van der Waals surface area (Å²) >= 11 is 0. The van der Waals surface area contributed by atoms with E-state index in [-0.39, 0.29) is 29.5 Å². The minimum atomic E-state index is -0.644. The van der Waals surface area contributed by atoms with E-state index in [0.29, 0.717) is 24.9 Å². The van der Waals surface area contributed by atoms with Gasteiger partial charge in [0.1, 0.15) is 17.8 Å². The molecular weight excluding hydrogens is 382 g/mol. The molecule has 0 spiro atoms. The first-order chi connectivity index (χ1) is 14.4. The van der Waals surface area contributed by atoms with Crippen molar-refractivity contribution >= 4 is 17.7 Å². The normalized spacial score (nSPS) is 23.1. The van der Waals surface area contributed by atoms with Crippen molar-refractivity contribution in [1.82, 2.24) is 15.5 Å². The van der Waals surface area contributed by atoms with Gasteiger partial charge in [0, 0.05) is 24.6 Å². The first kappa shape index (κ1) is 19.9. The number of piperazine rings is 1. The highest BCUT2D eigenvalue weighted by Gasteiger charge is 2.46. The van der Waals surface area contributed by atoms with Crippen molar-refractivity contribution in [2.24, 2.45) is 0 Å². The van der Waals surface area contributed by atoms with Crippen LogP contribution in [-0.2, 0) is 22.4 Å². The molecule has 2 saturated heterocycles. The molecule has 0 bridgehead atoms. The van der Waals surface area contributed by atoms with Crippen LogP contribution in [0.2, 0.25) is 0 Å². The summed E-state index contributed by atoms with van der Waals surface area (Å²) in [6.45, 7) is 2.38. The highest BCUT2D eigenvalue weighted by molar-refractivity contribution is 5.98. The van der Waals surface area contributed by atoms with Crippen LogP contribution >= 0.6 is 0 Å². The Kier molecular flexibility index (Phi) is 5.44. The smallest absolute Gasteiger partial charge is 0.251 e. The van der Waals surface area contributed by atoms with Crippen LogP contribution < -0.4 is 10.6 Å². The molecule has 0 aliphatic carbocycles. The van der Waals surface area contributed by atoms with E-state index in [2.05, 4.69) is 17.6 Å². The van der Waals surface area contributed by atoms with Gasteiger partial charge in [-0.25, -0.2) is 0 Å².